The zero-order valence-electron chi connectivity index (χ0n) is 13.1. The van der Waals surface area contributed by atoms with Crippen molar-refractivity contribution in [3.05, 3.63) is 11.8 Å². The lowest BCUT2D eigenvalue weighted by Gasteiger charge is -2.27. The maximum Gasteiger partial charge on any atom is 0.418 e. The first-order valence-corrected chi connectivity index (χ1v) is 9.18. The Hall–Kier alpha value is -1.80. The second-order valence-corrected chi connectivity index (χ2v) is 7.14. The third-order valence-electron chi connectivity index (χ3n) is 4.45. The summed E-state index contributed by atoms with van der Waals surface area (Å²) < 4.78 is 46.1. The fourth-order valence-electron chi connectivity index (χ4n) is 3.12. The number of nitrogens with zero attached hydrogens (tertiary/aromatic N) is 4. The number of hydrogen-bond acceptors (Lipinski definition) is 9. The summed E-state index contributed by atoms with van der Waals surface area (Å²) in [5.74, 6) is 0.590. The van der Waals surface area contributed by atoms with Crippen molar-refractivity contribution in [2.24, 2.45) is 0 Å². The summed E-state index contributed by atoms with van der Waals surface area (Å²) in [5, 5.41) is 11.7. The van der Waals surface area contributed by atoms with E-state index in [4.69, 9.17) is 13.7 Å². The molecule has 138 valence electrons. The van der Waals surface area contributed by atoms with Crippen LogP contribution in [0.15, 0.2) is 4.42 Å². The van der Waals surface area contributed by atoms with Gasteiger partial charge in [0.15, 0.2) is 0 Å². The van der Waals surface area contributed by atoms with Crippen LogP contribution in [0.1, 0.15) is 30.7 Å². The smallest absolute Gasteiger partial charge is 0.418 e. The number of carbonyl (C=O) groups is 1. The number of rotatable bonds is 6. The SMILES string of the molecule is O=C1N2CC(CCC2c2nnc(COC3CNC3)o2)N1OS(=O)(=O)O. The molecule has 0 aliphatic carbocycles. The van der Waals surface area contributed by atoms with Gasteiger partial charge in [0.1, 0.15) is 12.6 Å². The molecular formula is C12H17N5O7S. The predicted molar refractivity (Wildman–Crippen MR) is 78.1 cm³/mol. The summed E-state index contributed by atoms with van der Waals surface area (Å²) in [4.78, 5) is 13.7. The molecule has 0 radical (unpaired) electrons. The van der Waals surface area contributed by atoms with E-state index in [1.54, 1.807) is 0 Å². The molecule has 1 aromatic rings. The molecule has 0 aromatic carbocycles. The fraction of sp³-hybridized carbons (Fsp3) is 0.750. The summed E-state index contributed by atoms with van der Waals surface area (Å²) >= 11 is 0. The van der Waals surface area contributed by atoms with Gasteiger partial charge in [-0.15, -0.1) is 14.5 Å². The number of ether oxygens (including phenoxy) is 1. The lowest BCUT2D eigenvalue weighted by molar-refractivity contribution is -0.0317. The summed E-state index contributed by atoms with van der Waals surface area (Å²) in [6.45, 7) is 2.02. The van der Waals surface area contributed by atoms with Crippen molar-refractivity contribution in [1.29, 1.82) is 0 Å². The molecule has 2 amide bonds. The Bertz CT molecular complexity index is 764. The number of piperidine rings is 1. The van der Waals surface area contributed by atoms with Crippen molar-refractivity contribution < 1.29 is 31.2 Å². The van der Waals surface area contributed by atoms with Gasteiger partial charge in [-0.1, -0.05) is 0 Å². The Morgan fingerprint density at radius 2 is 2.12 bits per heavy atom. The van der Waals surface area contributed by atoms with Gasteiger partial charge in [-0.2, -0.15) is 13.5 Å². The Labute approximate surface area is 143 Å². The van der Waals surface area contributed by atoms with Gasteiger partial charge in [-0.3, -0.25) is 4.55 Å². The van der Waals surface area contributed by atoms with Crippen LogP contribution in [0.2, 0.25) is 0 Å². The summed E-state index contributed by atoms with van der Waals surface area (Å²) in [6.07, 6.45) is 1.12. The van der Waals surface area contributed by atoms with Crippen molar-refractivity contribution in [2.75, 3.05) is 19.6 Å². The second kappa shape index (κ2) is 6.17. The van der Waals surface area contributed by atoms with E-state index in [0.29, 0.717) is 23.8 Å². The largest absolute Gasteiger partial charge is 0.420 e. The van der Waals surface area contributed by atoms with Crippen molar-refractivity contribution in [3.63, 3.8) is 0 Å². The number of nitrogens with one attached hydrogen (secondary N) is 1. The van der Waals surface area contributed by atoms with Gasteiger partial charge < -0.3 is 19.4 Å². The zero-order chi connectivity index (χ0) is 17.6. The van der Waals surface area contributed by atoms with Crippen molar-refractivity contribution in [2.45, 2.75) is 37.6 Å². The molecule has 2 N–H and O–H groups in total. The molecule has 4 heterocycles. The van der Waals surface area contributed by atoms with Gasteiger partial charge in [0.05, 0.1) is 12.1 Å². The lowest BCUT2D eigenvalue weighted by Crippen LogP contribution is -2.48. The molecule has 2 atom stereocenters. The normalized spacial score (nSPS) is 27.0. The van der Waals surface area contributed by atoms with Gasteiger partial charge in [-0.05, 0) is 12.8 Å². The summed E-state index contributed by atoms with van der Waals surface area (Å²) in [7, 11) is -4.76. The number of aromatic nitrogens is 2. The molecule has 12 nitrogen and oxygen atoms in total. The number of carbonyl (C=O) groups excluding carboxylic acids is 1. The van der Waals surface area contributed by atoms with Crippen LogP contribution in [0.5, 0.6) is 0 Å². The molecular weight excluding hydrogens is 358 g/mol. The lowest BCUT2D eigenvalue weighted by atomic mass is 10.0. The highest BCUT2D eigenvalue weighted by Gasteiger charge is 2.49. The second-order valence-electron chi connectivity index (χ2n) is 6.14. The monoisotopic (exact) mass is 375 g/mol. The zero-order valence-corrected chi connectivity index (χ0v) is 13.9. The quantitative estimate of drug-likeness (QED) is 0.607. The van der Waals surface area contributed by atoms with E-state index in [0.717, 1.165) is 13.1 Å². The molecule has 13 heteroatoms. The Kier molecular flexibility index (Phi) is 4.11. The van der Waals surface area contributed by atoms with E-state index in [1.807, 2.05) is 0 Å². The number of amides is 2. The van der Waals surface area contributed by atoms with Gasteiger partial charge in [0, 0.05) is 19.6 Å². The molecule has 2 unspecified atom stereocenters. The van der Waals surface area contributed by atoms with Crippen LogP contribution in [0, 0.1) is 0 Å². The van der Waals surface area contributed by atoms with Crippen molar-refractivity contribution in [1.82, 2.24) is 25.5 Å². The summed E-state index contributed by atoms with van der Waals surface area (Å²) in [5.41, 5.74) is 0. The number of fused-ring (bicyclic) bond motifs is 2. The topological polar surface area (TPSA) is 147 Å². The molecule has 3 aliphatic heterocycles. The molecule has 0 spiro atoms. The molecule has 4 rings (SSSR count). The van der Waals surface area contributed by atoms with Crippen LogP contribution in [0.25, 0.3) is 0 Å². The predicted octanol–water partition coefficient (Wildman–Crippen LogP) is -0.766. The van der Waals surface area contributed by atoms with Crippen LogP contribution in [0.4, 0.5) is 4.79 Å². The Balaban J connectivity index is 1.43. The van der Waals surface area contributed by atoms with Crippen LogP contribution in [-0.4, -0.2) is 70.9 Å². The van der Waals surface area contributed by atoms with Crippen LogP contribution >= 0.6 is 0 Å². The van der Waals surface area contributed by atoms with Crippen LogP contribution < -0.4 is 5.32 Å². The van der Waals surface area contributed by atoms with Gasteiger partial charge in [-0.25, -0.2) is 4.79 Å². The summed E-state index contributed by atoms with van der Waals surface area (Å²) in [6, 6.07) is -1.59. The third kappa shape index (κ3) is 3.32. The Morgan fingerprint density at radius 3 is 2.80 bits per heavy atom. The number of urea groups is 1. The fourth-order valence-corrected chi connectivity index (χ4v) is 3.51. The minimum absolute atomic E-state index is 0.136. The molecule has 3 fully saturated rings. The molecule has 3 aliphatic rings. The van der Waals surface area contributed by atoms with E-state index in [2.05, 4.69) is 19.8 Å². The molecule has 25 heavy (non-hydrogen) atoms. The molecule has 1 aromatic heterocycles. The van der Waals surface area contributed by atoms with Gasteiger partial charge in [0.25, 0.3) is 0 Å². The van der Waals surface area contributed by atoms with Crippen molar-refractivity contribution >= 4 is 16.4 Å². The maximum atomic E-state index is 12.3. The first-order valence-electron chi connectivity index (χ1n) is 7.82. The highest BCUT2D eigenvalue weighted by Crippen LogP contribution is 2.38. The van der Waals surface area contributed by atoms with E-state index < -0.39 is 28.5 Å². The number of hydrogen-bond donors (Lipinski definition) is 2. The highest BCUT2D eigenvalue weighted by molar-refractivity contribution is 7.80. The first kappa shape index (κ1) is 16.7. The maximum absolute atomic E-state index is 12.3. The average molecular weight is 375 g/mol. The Morgan fingerprint density at radius 1 is 1.32 bits per heavy atom. The van der Waals surface area contributed by atoms with Crippen LogP contribution in [-0.2, 0) is 26.0 Å². The van der Waals surface area contributed by atoms with Crippen molar-refractivity contribution in [3.8, 4) is 0 Å². The molecule has 2 bridgehead atoms. The van der Waals surface area contributed by atoms with Gasteiger partial charge in [0.2, 0.25) is 11.8 Å². The molecule has 3 saturated heterocycles. The molecule has 0 saturated carbocycles. The van der Waals surface area contributed by atoms with E-state index >= 15 is 0 Å². The third-order valence-corrected chi connectivity index (χ3v) is 4.80. The van der Waals surface area contributed by atoms with E-state index in [1.165, 1.54) is 4.90 Å². The number of hydroxylamine groups is 2. The average Bonchev–Trinajstić information content (AvgIpc) is 3.05. The minimum atomic E-state index is -4.76. The standard InChI is InChI=1S/C12H17N5O7S/c18-12-16-5-7(17(12)24-25(19,20)21)1-2-9(16)11-15-14-10(23-11)6-22-8-3-13-4-8/h7-9,13H,1-6H2,(H,19,20,21). The van der Waals surface area contributed by atoms with E-state index in [9.17, 15) is 13.2 Å². The minimum Gasteiger partial charge on any atom is -0.420 e. The van der Waals surface area contributed by atoms with E-state index in [-0.39, 0.29) is 25.1 Å². The van der Waals surface area contributed by atoms with Gasteiger partial charge >= 0.3 is 16.4 Å². The van der Waals surface area contributed by atoms with Crippen LogP contribution in [0.3, 0.4) is 0 Å². The highest BCUT2D eigenvalue weighted by atomic mass is 32.3. The first-order chi connectivity index (χ1) is 11.9.